The lowest BCUT2D eigenvalue weighted by atomic mass is 9.70. The first-order valence-electron chi connectivity index (χ1n) is 12.4. The number of likely N-dealkylation sites (tertiary alicyclic amines) is 1. The van der Waals surface area contributed by atoms with Gasteiger partial charge in [0, 0.05) is 61.7 Å². The topological polar surface area (TPSA) is 26.8 Å². The first-order valence-corrected chi connectivity index (χ1v) is 13.1. The van der Waals surface area contributed by atoms with Gasteiger partial charge in [-0.1, -0.05) is 47.5 Å². The van der Waals surface area contributed by atoms with Crippen LogP contribution in [0.15, 0.2) is 66.7 Å². The van der Waals surface area contributed by atoms with Gasteiger partial charge in [0.05, 0.1) is 11.6 Å². The molecule has 1 amide bonds. The van der Waals surface area contributed by atoms with Gasteiger partial charge in [-0.3, -0.25) is 9.69 Å². The third-order valence-electron chi connectivity index (χ3n) is 7.76. The van der Waals surface area contributed by atoms with Crippen LogP contribution in [-0.4, -0.2) is 60.4 Å². The monoisotopic (exact) mass is 543 g/mol. The van der Waals surface area contributed by atoms with Crippen LogP contribution < -0.4 is 0 Å². The molecular weight excluding hydrogens is 515 g/mol. The van der Waals surface area contributed by atoms with E-state index >= 15 is 0 Å². The lowest BCUT2D eigenvalue weighted by Gasteiger charge is -2.60. The Morgan fingerprint density at radius 2 is 1.41 bits per heavy atom. The van der Waals surface area contributed by atoms with E-state index in [0.717, 1.165) is 17.2 Å². The smallest absolute Gasteiger partial charge is 0.220 e. The number of carbonyl (C=O) groups is 1. The summed E-state index contributed by atoms with van der Waals surface area (Å²) in [6.07, 6.45) is 0. The van der Waals surface area contributed by atoms with Gasteiger partial charge in [0.1, 0.15) is 11.6 Å². The highest BCUT2D eigenvalue weighted by atomic mass is 35.5. The highest BCUT2D eigenvalue weighted by Crippen LogP contribution is 2.47. The molecule has 0 aliphatic carbocycles. The van der Waals surface area contributed by atoms with Gasteiger partial charge in [-0.15, -0.1) is 0 Å². The Kier molecular flexibility index (Phi) is 7.29. The predicted molar refractivity (Wildman–Crippen MR) is 143 cm³/mol. The molecule has 0 radical (unpaired) electrons. The second kappa shape index (κ2) is 10.3. The maximum absolute atomic E-state index is 14.5. The van der Waals surface area contributed by atoms with Crippen LogP contribution in [0.3, 0.4) is 0 Å². The number of piperazine rings is 1. The van der Waals surface area contributed by atoms with Gasteiger partial charge in [-0.05, 0) is 60.1 Å². The standard InChI is InChI=1S/C29H29Cl2F2N3O/c1-19(37)36-12-11-34(2)18-29(36,22-13-26(32)15-27(33)14-22)23-16-35(17-23)28(20-3-7-24(30)8-4-20)21-5-9-25(31)10-6-21/h3-10,13-15,23,28H,11-12,16-18H2,1-2H3. The van der Waals surface area contributed by atoms with Gasteiger partial charge in [-0.25, -0.2) is 8.78 Å². The van der Waals surface area contributed by atoms with E-state index in [1.807, 2.05) is 60.5 Å². The summed E-state index contributed by atoms with van der Waals surface area (Å²) in [7, 11) is 1.99. The molecule has 37 heavy (non-hydrogen) atoms. The van der Waals surface area contributed by atoms with Crippen molar-refractivity contribution in [1.82, 2.24) is 14.7 Å². The molecule has 4 nitrogen and oxygen atoms in total. The van der Waals surface area contributed by atoms with Crippen molar-refractivity contribution in [2.45, 2.75) is 18.5 Å². The third kappa shape index (κ3) is 5.00. The molecule has 0 saturated carbocycles. The van der Waals surface area contributed by atoms with E-state index in [4.69, 9.17) is 23.2 Å². The SMILES string of the molecule is CC(=O)N1CCN(C)CC1(c1cc(F)cc(F)c1)C1CN(C(c2ccc(Cl)cc2)c2ccc(Cl)cc2)C1. The zero-order chi connectivity index (χ0) is 26.3. The Hall–Kier alpha value is -2.51. The van der Waals surface area contributed by atoms with Crippen LogP contribution in [0.2, 0.25) is 10.0 Å². The minimum absolute atomic E-state index is 0.0255. The molecule has 3 aromatic rings. The van der Waals surface area contributed by atoms with Crippen molar-refractivity contribution < 1.29 is 13.6 Å². The first kappa shape index (κ1) is 26.1. The van der Waals surface area contributed by atoms with Crippen LogP contribution >= 0.6 is 23.2 Å². The molecule has 2 fully saturated rings. The quantitative estimate of drug-likeness (QED) is 0.396. The molecule has 0 aromatic heterocycles. The van der Waals surface area contributed by atoms with Crippen molar-refractivity contribution in [1.29, 1.82) is 0 Å². The largest absolute Gasteiger partial charge is 0.330 e. The van der Waals surface area contributed by atoms with Crippen molar-refractivity contribution >= 4 is 29.1 Å². The van der Waals surface area contributed by atoms with E-state index in [0.29, 0.717) is 48.3 Å². The molecule has 1 unspecified atom stereocenters. The average molecular weight is 544 g/mol. The second-order valence-electron chi connectivity index (χ2n) is 10.1. The molecule has 2 aliphatic heterocycles. The Labute approximate surface area is 226 Å². The van der Waals surface area contributed by atoms with Gasteiger partial charge in [0.2, 0.25) is 5.91 Å². The molecule has 8 heteroatoms. The summed E-state index contributed by atoms with van der Waals surface area (Å²) < 4.78 is 29.0. The van der Waals surface area contributed by atoms with E-state index in [2.05, 4.69) is 9.80 Å². The summed E-state index contributed by atoms with van der Waals surface area (Å²) in [4.78, 5) is 19.2. The Balaban J connectivity index is 1.54. The second-order valence-corrected chi connectivity index (χ2v) is 11.0. The Bertz CT molecular complexity index is 1220. The zero-order valence-corrected chi connectivity index (χ0v) is 22.3. The Morgan fingerprint density at radius 3 is 1.89 bits per heavy atom. The Morgan fingerprint density at radius 1 is 0.892 bits per heavy atom. The van der Waals surface area contributed by atoms with Gasteiger partial charge in [-0.2, -0.15) is 0 Å². The number of likely N-dealkylation sites (N-methyl/N-ethyl adjacent to an activating group) is 1. The minimum Gasteiger partial charge on any atom is -0.330 e. The third-order valence-corrected chi connectivity index (χ3v) is 8.27. The number of rotatable bonds is 5. The summed E-state index contributed by atoms with van der Waals surface area (Å²) in [6.45, 7) is 4.53. The fourth-order valence-corrected chi connectivity index (χ4v) is 6.30. The van der Waals surface area contributed by atoms with Crippen LogP contribution in [0.5, 0.6) is 0 Å². The summed E-state index contributed by atoms with van der Waals surface area (Å²) in [5.41, 5.74) is 1.83. The van der Waals surface area contributed by atoms with Crippen LogP contribution in [0.25, 0.3) is 0 Å². The molecule has 0 bridgehead atoms. The van der Waals surface area contributed by atoms with E-state index in [1.165, 1.54) is 19.1 Å². The van der Waals surface area contributed by atoms with Crippen molar-refractivity contribution in [3.05, 3.63) is 105 Å². The summed E-state index contributed by atoms with van der Waals surface area (Å²) in [5, 5.41) is 1.32. The minimum atomic E-state index is -0.844. The molecular formula is C29H29Cl2F2N3O. The van der Waals surface area contributed by atoms with E-state index in [9.17, 15) is 13.6 Å². The molecule has 2 aliphatic rings. The van der Waals surface area contributed by atoms with E-state index < -0.39 is 17.2 Å². The van der Waals surface area contributed by atoms with Crippen molar-refractivity contribution in [3.8, 4) is 0 Å². The zero-order valence-electron chi connectivity index (χ0n) is 20.8. The molecule has 194 valence electrons. The molecule has 0 N–H and O–H groups in total. The number of amides is 1. The molecule has 1 atom stereocenters. The van der Waals surface area contributed by atoms with Crippen LogP contribution in [0, 0.1) is 17.6 Å². The van der Waals surface area contributed by atoms with Crippen LogP contribution in [0.4, 0.5) is 8.78 Å². The number of hydrogen-bond acceptors (Lipinski definition) is 3. The van der Waals surface area contributed by atoms with Crippen LogP contribution in [0.1, 0.15) is 29.7 Å². The van der Waals surface area contributed by atoms with E-state index in [1.54, 1.807) is 0 Å². The fourth-order valence-electron chi connectivity index (χ4n) is 6.05. The normalized spacial score (nSPS) is 21.3. The highest BCUT2D eigenvalue weighted by Gasteiger charge is 2.54. The molecule has 5 rings (SSSR count). The van der Waals surface area contributed by atoms with Gasteiger partial charge in [0.25, 0.3) is 0 Å². The lowest BCUT2D eigenvalue weighted by molar-refractivity contribution is -0.152. The summed E-state index contributed by atoms with van der Waals surface area (Å²) in [6, 6.07) is 19.2. The molecule has 3 aromatic carbocycles. The predicted octanol–water partition coefficient (Wildman–Crippen LogP) is 5.98. The van der Waals surface area contributed by atoms with Crippen molar-refractivity contribution in [2.75, 3.05) is 39.8 Å². The number of nitrogens with zero attached hydrogens (tertiary/aromatic N) is 3. The van der Waals surface area contributed by atoms with E-state index in [-0.39, 0.29) is 17.9 Å². The average Bonchev–Trinajstić information content (AvgIpc) is 2.81. The maximum Gasteiger partial charge on any atom is 0.220 e. The summed E-state index contributed by atoms with van der Waals surface area (Å²) >= 11 is 12.3. The number of hydrogen-bond donors (Lipinski definition) is 0. The number of halogens is 4. The first-order chi connectivity index (χ1) is 17.7. The number of benzene rings is 3. The fraction of sp³-hybridized carbons (Fsp3) is 0.345. The van der Waals surface area contributed by atoms with Crippen molar-refractivity contribution in [2.24, 2.45) is 5.92 Å². The molecule has 0 spiro atoms. The van der Waals surface area contributed by atoms with Crippen molar-refractivity contribution in [3.63, 3.8) is 0 Å². The lowest BCUT2D eigenvalue weighted by Crippen LogP contribution is -2.70. The summed E-state index contributed by atoms with van der Waals surface area (Å²) in [5.74, 6) is -1.39. The van der Waals surface area contributed by atoms with Gasteiger partial charge < -0.3 is 9.80 Å². The molecule has 2 heterocycles. The highest BCUT2D eigenvalue weighted by molar-refractivity contribution is 6.30. The molecule has 2 saturated heterocycles. The number of carbonyl (C=O) groups excluding carboxylic acids is 1. The van der Waals surface area contributed by atoms with Gasteiger partial charge >= 0.3 is 0 Å². The van der Waals surface area contributed by atoms with Crippen LogP contribution in [-0.2, 0) is 10.3 Å². The van der Waals surface area contributed by atoms with Gasteiger partial charge in [0.15, 0.2) is 0 Å². The maximum atomic E-state index is 14.5.